The molecule has 0 radical (unpaired) electrons. The normalized spacial score (nSPS) is 19.3. The Morgan fingerprint density at radius 1 is 1.16 bits per heavy atom. The number of allylic oxidation sites excluding steroid dienone is 1. The number of aliphatic hydroxyl groups excluding tert-OH is 1. The Kier molecular flexibility index (Phi) is 5.69. The number of amides is 1. The zero-order chi connectivity index (χ0) is 22.2. The molecule has 0 atom stereocenters. The number of rotatable bonds is 6. The van der Waals surface area contributed by atoms with E-state index in [9.17, 15) is 14.3 Å². The van der Waals surface area contributed by atoms with Gasteiger partial charge in [-0.15, -0.1) is 0 Å². The molecule has 0 unspecified atom stereocenters. The summed E-state index contributed by atoms with van der Waals surface area (Å²) in [5, 5.41) is 11.9. The van der Waals surface area contributed by atoms with Crippen molar-refractivity contribution < 1.29 is 19.0 Å². The van der Waals surface area contributed by atoms with Crippen molar-refractivity contribution in [3.63, 3.8) is 0 Å². The number of carbonyl (C=O) groups excluding carboxylic acids is 1. The average Bonchev–Trinajstić information content (AvgIpc) is 3.22. The van der Waals surface area contributed by atoms with Crippen LogP contribution < -0.4 is 5.32 Å². The van der Waals surface area contributed by atoms with Crippen molar-refractivity contribution in [3.8, 4) is 0 Å². The summed E-state index contributed by atoms with van der Waals surface area (Å²) in [6.07, 6.45) is 1.91. The van der Waals surface area contributed by atoms with Crippen molar-refractivity contribution in [2.75, 3.05) is 25.0 Å². The standard InChI is InChI=1S/C25H27FN2O3/c1-4-28(11-12-29)15-16-5-7-17(8-6-16)20-14-22(31-25(20,2)3)23-19-10-9-18(26)13-21(19)27-24(23)30/h5-10,13-14,29H,4,11-12,15H2,1-3H3,(H,27,30)/b23-22+. The molecule has 2 aromatic carbocycles. The van der Waals surface area contributed by atoms with Gasteiger partial charge in [0.25, 0.3) is 5.91 Å². The molecule has 0 bridgehead atoms. The second kappa shape index (κ2) is 8.29. The Hall–Kier alpha value is -2.96. The van der Waals surface area contributed by atoms with Crippen LogP contribution in [-0.2, 0) is 16.1 Å². The van der Waals surface area contributed by atoms with Crippen molar-refractivity contribution in [1.82, 2.24) is 4.90 Å². The number of hydrogen-bond acceptors (Lipinski definition) is 4. The molecule has 0 aliphatic carbocycles. The molecule has 2 aliphatic rings. The highest BCUT2D eigenvalue weighted by Crippen LogP contribution is 2.44. The van der Waals surface area contributed by atoms with Crippen molar-refractivity contribution in [2.45, 2.75) is 32.9 Å². The van der Waals surface area contributed by atoms with Gasteiger partial charge in [-0.2, -0.15) is 0 Å². The van der Waals surface area contributed by atoms with Crippen molar-refractivity contribution in [3.05, 3.63) is 76.8 Å². The van der Waals surface area contributed by atoms with E-state index in [1.807, 2.05) is 19.9 Å². The molecule has 31 heavy (non-hydrogen) atoms. The summed E-state index contributed by atoms with van der Waals surface area (Å²) in [5.41, 5.74) is 4.09. The molecule has 5 nitrogen and oxygen atoms in total. The highest BCUT2D eigenvalue weighted by Gasteiger charge is 2.38. The maximum Gasteiger partial charge on any atom is 0.260 e. The zero-order valence-electron chi connectivity index (χ0n) is 18.0. The van der Waals surface area contributed by atoms with E-state index < -0.39 is 11.4 Å². The number of hydrogen-bond donors (Lipinski definition) is 2. The molecule has 1 amide bonds. The Morgan fingerprint density at radius 3 is 2.58 bits per heavy atom. The summed E-state index contributed by atoms with van der Waals surface area (Å²) in [4.78, 5) is 14.8. The minimum Gasteiger partial charge on any atom is -0.482 e. The lowest BCUT2D eigenvalue weighted by molar-refractivity contribution is -0.111. The maximum atomic E-state index is 13.6. The number of nitrogens with zero attached hydrogens (tertiary/aromatic N) is 1. The third-order valence-corrected chi connectivity index (χ3v) is 5.80. The Bertz CT molecular complexity index is 1070. The van der Waals surface area contributed by atoms with E-state index >= 15 is 0 Å². The van der Waals surface area contributed by atoms with Crippen LogP contribution in [0.15, 0.2) is 54.3 Å². The summed E-state index contributed by atoms with van der Waals surface area (Å²) in [6.45, 7) is 8.46. The number of nitrogens with one attached hydrogen (secondary N) is 1. The lowest BCUT2D eigenvalue weighted by Crippen LogP contribution is -2.26. The predicted molar refractivity (Wildman–Crippen MR) is 120 cm³/mol. The molecular weight excluding hydrogens is 395 g/mol. The van der Waals surface area contributed by atoms with Crippen LogP contribution in [-0.4, -0.2) is 41.2 Å². The second-order valence-electron chi connectivity index (χ2n) is 8.34. The third-order valence-electron chi connectivity index (χ3n) is 5.80. The van der Waals surface area contributed by atoms with Crippen LogP contribution in [0.2, 0.25) is 0 Å². The topological polar surface area (TPSA) is 61.8 Å². The Morgan fingerprint density at radius 2 is 1.90 bits per heavy atom. The summed E-state index contributed by atoms with van der Waals surface area (Å²) in [6, 6.07) is 12.6. The fraction of sp³-hybridized carbons (Fsp3) is 0.320. The van der Waals surface area contributed by atoms with Crippen LogP contribution in [0.1, 0.15) is 37.5 Å². The van der Waals surface area contributed by atoms with Crippen LogP contribution in [0.25, 0.3) is 11.1 Å². The molecule has 2 aliphatic heterocycles. The van der Waals surface area contributed by atoms with E-state index in [0.717, 1.165) is 24.2 Å². The molecule has 4 rings (SSSR count). The molecular formula is C25H27FN2O3. The fourth-order valence-electron chi connectivity index (χ4n) is 4.15. The third kappa shape index (κ3) is 4.13. The van der Waals surface area contributed by atoms with E-state index in [-0.39, 0.29) is 12.5 Å². The minimum atomic E-state index is -0.612. The zero-order valence-corrected chi connectivity index (χ0v) is 18.0. The number of carbonyl (C=O) groups is 1. The van der Waals surface area contributed by atoms with Crippen molar-refractivity contribution >= 4 is 22.7 Å². The van der Waals surface area contributed by atoms with Gasteiger partial charge in [0.15, 0.2) is 0 Å². The van der Waals surface area contributed by atoms with E-state index in [4.69, 9.17) is 4.74 Å². The molecule has 2 N–H and O–H groups in total. The van der Waals surface area contributed by atoms with Crippen molar-refractivity contribution in [2.24, 2.45) is 0 Å². The van der Waals surface area contributed by atoms with Gasteiger partial charge in [0.05, 0.1) is 17.9 Å². The molecule has 0 spiro atoms. The fourth-order valence-corrected chi connectivity index (χ4v) is 4.15. The molecule has 0 aromatic heterocycles. The number of halogens is 1. The highest BCUT2D eigenvalue weighted by atomic mass is 19.1. The van der Waals surface area contributed by atoms with E-state index in [1.54, 1.807) is 6.07 Å². The number of aliphatic hydroxyl groups is 1. The van der Waals surface area contributed by atoms with E-state index in [1.165, 1.54) is 17.7 Å². The van der Waals surface area contributed by atoms with Crippen molar-refractivity contribution in [1.29, 1.82) is 0 Å². The molecule has 0 fully saturated rings. The second-order valence-corrected chi connectivity index (χ2v) is 8.34. The predicted octanol–water partition coefficient (Wildman–Crippen LogP) is 4.20. The number of ether oxygens (including phenoxy) is 1. The summed E-state index contributed by atoms with van der Waals surface area (Å²) in [7, 11) is 0. The quantitative estimate of drug-likeness (QED) is 0.685. The molecule has 0 saturated carbocycles. The Balaban J connectivity index is 1.66. The van der Waals surface area contributed by atoms with Gasteiger partial charge in [0.1, 0.15) is 17.2 Å². The molecule has 6 heteroatoms. The van der Waals surface area contributed by atoms with E-state index in [0.29, 0.717) is 29.1 Å². The molecule has 2 heterocycles. The van der Waals surface area contributed by atoms with Crippen LogP contribution in [0, 0.1) is 5.82 Å². The van der Waals surface area contributed by atoms with Gasteiger partial charge in [0, 0.05) is 24.2 Å². The SMILES string of the molecule is CCN(CCO)Cc1ccc(C2=C/C(=C3\C(=O)Nc4cc(F)ccc43)OC2(C)C)cc1. The van der Waals surface area contributed by atoms with Crippen LogP contribution in [0.3, 0.4) is 0 Å². The van der Waals surface area contributed by atoms with Gasteiger partial charge < -0.3 is 15.2 Å². The van der Waals surface area contributed by atoms with Crippen LogP contribution in [0.4, 0.5) is 10.1 Å². The summed E-state index contributed by atoms with van der Waals surface area (Å²) >= 11 is 0. The monoisotopic (exact) mass is 422 g/mol. The lowest BCUT2D eigenvalue weighted by atomic mass is 9.91. The largest absolute Gasteiger partial charge is 0.482 e. The van der Waals surface area contributed by atoms with Crippen LogP contribution in [0.5, 0.6) is 0 Å². The van der Waals surface area contributed by atoms with Gasteiger partial charge in [-0.25, -0.2) is 4.39 Å². The summed E-state index contributed by atoms with van der Waals surface area (Å²) < 4.78 is 19.7. The maximum absolute atomic E-state index is 13.6. The number of benzene rings is 2. The first-order chi connectivity index (χ1) is 14.8. The van der Waals surface area contributed by atoms with Crippen LogP contribution >= 0.6 is 0 Å². The summed E-state index contributed by atoms with van der Waals surface area (Å²) in [5.74, 6) is -0.190. The number of fused-ring (bicyclic) bond motifs is 1. The lowest BCUT2D eigenvalue weighted by Gasteiger charge is -2.24. The number of anilines is 1. The molecule has 0 saturated heterocycles. The highest BCUT2D eigenvalue weighted by molar-refractivity contribution is 6.32. The smallest absolute Gasteiger partial charge is 0.260 e. The Labute approximate surface area is 181 Å². The van der Waals surface area contributed by atoms with Gasteiger partial charge in [-0.1, -0.05) is 31.2 Å². The first-order valence-corrected chi connectivity index (χ1v) is 10.5. The molecule has 2 aromatic rings. The average molecular weight is 423 g/mol. The van der Waals surface area contributed by atoms with E-state index in [2.05, 4.69) is 41.4 Å². The van der Waals surface area contributed by atoms with Gasteiger partial charge in [-0.05, 0) is 55.8 Å². The van der Waals surface area contributed by atoms with Gasteiger partial charge in [0.2, 0.25) is 0 Å². The first-order valence-electron chi connectivity index (χ1n) is 10.5. The number of likely N-dealkylation sites (N-methyl/N-ethyl adjacent to an activating group) is 1. The first kappa shape index (κ1) is 21.3. The molecule has 162 valence electrons. The van der Waals surface area contributed by atoms with Gasteiger partial charge in [-0.3, -0.25) is 9.69 Å². The van der Waals surface area contributed by atoms with Gasteiger partial charge >= 0.3 is 0 Å². The minimum absolute atomic E-state index is 0.144.